The smallest absolute Gasteiger partial charge is 0.265 e. The van der Waals surface area contributed by atoms with E-state index in [0.717, 1.165) is 11.3 Å². The van der Waals surface area contributed by atoms with Crippen LogP contribution in [0.15, 0.2) is 48.5 Å². The maximum Gasteiger partial charge on any atom is 0.265 e. The second kappa shape index (κ2) is 7.57. The number of hydrogen-bond donors (Lipinski definition) is 1. The predicted molar refractivity (Wildman–Crippen MR) is 97.1 cm³/mol. The molecule has 1 N–H and O–H groups in total. The molecule has 1 atom stereocenters. The normalized spacial score (nSPS) is 15.6. The number of amides is 2. The summed E-state index contributed by atoms with van der Waals surface area (Å²) in [5.74, 6) is 0.148. The van der Waals surface area contributed by atoms with E-state index in [0.29, 0.717) is 23.7 Å². The molecule has 2 amide bonds. The van der Waals surface area contributed by atoms with Crippen molar-refractivity contribution >= 4 is 29.1 Å². The van der Waals surface area contributed by atoms with Crippen LogP contribution in [-0.4, -0.2) is 31.0 Å². The third kappa shape index (κ3) is 3.77. The van der Waals surface area contributed by atoms with Crippen LogP contribution in [-0.2, 0) is 16.0 Å². The summed E-state index contributed by atoms with van der Waals surface area (Å²) in [6.45, 7) is 2.23. The Labute approximate surface area is 151 Å². The fourth-order valence-electron chi connectivity index (χ4n) is 2.94. The zero-order valence-electron chi connectivity index (χ0n) is 13.9. The van der Waals surface area contributed by atoms with Crippen molar-refractivity contribution < 1.29 is 14.3 Å². The number of carbonyl (C=O) groups excluding carboxylic acids is 2. The molecule has 5 nitrogen and oxygen atoms in total. The first-order valence-corrected chi connectivity index (χ1v) is 8.54. The lowest BCUT2D eigenvalue weighted by Gasteiger charge is -2.24. The molecular formula is C19H19ClN2O3. The number of para-hydroxylation sites is 1. The van der Waals surface area contributed by atoms with E-state index < -0.39 is 6.04 Å². The number of hydrogen-bond acceptors (Lipinski definition) is 3. The molecular weight excluding hydrogens is 340 g/mol. The van der Waals surface area contributed by atoms with Crippen molar-refractivity contribution in [3.63, 3.8) is 0 Å². The van der Waals surface area contributed by atoms with Gasteiger partial charge in [-0.1, -0.05) is 29.8 Å². The number of nitrogens with one attached hydrogen (secondary N) is 1. The molecule has 0 saturated heterocycles. The third-order valence-corrected chi connectivity index (χ3v) is 4.33. The molecule has 25 heavy (non-hydrogen) atoms. The summed E-state index contributed by atoms with van der Waals surface area (Å²) in [4.78, 5) is 26.7. The van der Waals surface area contributed by atoms with Crippen LogP contribution < -0.4 is 15.0 Å². The van der Waals surface area contributed by atoms with E-state index in [1.54, 1.807) is 24.3 Å². The van der Waals surface area contributed by atoms with Crippen molar-refractivity contribution in [2.24, 2.45) is 0 Å². The van der Waals surface area contributed by atoms with Crippen molar-refractivity contribution in [3.8, 4) is 5.75 Å². The second-order valence-corrected chi connectivity index (χ2v) is 6.19. The summed E-state index contributed by atoms with van der Waals surface area (Å²) in [6, 6.07) is 13.8. The van der Waals surface area contributed by atoms with E-state index in [1.807, 2.05) is 31.2 Å². The van der Waals surface area contributed by atoms with E-state index >= 15 is 0 Å². The van der Waals surface area contributed by atoms with Crippen LogP contribution >= 0.6 is 11.6 Å². The van der Waals surface area contributed by atoms with Crippen LogP contribution in [0.3, 0.4) is 0 Å². The maximum atomic E-state index is 12.8. The van der Waals surface area contributed by atoms with E-state index in [1.165, 1.54) is 4.90 Å². The van der Waals surface area contributed by atoms with Gasteiger partial charge in [0.1, 0.15) is 11.8 Å². The standard InChI is InChI=1S/C19H19ClN2O3/c1-2-21-19(24)17-11-13-5-3-4-6-16(13)22(17)18(23)12-25-15-9-7-14(20)8-10-15/h3-10,17H,2,11-12H2,1H3,(H,21,24). The van der Waals surface area contributed by atoms with Gasteiger partial charge in [-0.3, -0.25) is 14.5 Å². The first-order chi connectivity index (χ1) is 12.1. The Morgan fingerprint density at radius 1 is 1.20 bits per heavy atom. The lowest BCUT2D eigenvalue weighted by atomic mass is 10.1. The molecule has 0 fully saturated rings. The molecule has 2 aromatic carbocycles. The molecule has 0 saturated carbocycles. The summed E-state index contributed by atoms with van der Waals surface area (Å²) in [5, 5.41) is 3.40. The Balaban J connectivity index is 1.77. The summed E-state index contributed by atoms with van der Waals surface area (Å²) >= 11 is 5.84. The highest BCUT2D eigenvalue weighted by molar-refractivity contribution is 6.30. The zero-order chi connectivity index (χ0) is 17.8. The number of rotatable bonds is 5. The fourth-order valence-corrected chi connectivity index (χ4v) is 3.07. The Morgan fingerprint density at radius 2 is 1.92 bits per heavy atom. The number of halogens is 1. The van der Waals surface area contributed by atoms with Gasteiger partial charge in [-0.2, -0.15) is 0 Å². The van der Waals surface area contributed by atoms with Gasteiger partial charge in [0.2, 0.25) is 5.91 Å². The highest BCUT2D eigenvalue weighted by Crippen LogP contribution is 2.32. The molecule has 1 heterocycles. The Morgan fingerprint density at radius 3 is 2.64 bits per heavy atom. The van der Waals surface area contributed by atoms with Crippen LogP contribution in [0.4, 0.5) is 5.69 Å². The fraction of sp³-hybridized carbons (Fsp3) is 0.263. The van der Waals surface area contributed by atoms with Crippen LogP contribution in [0, 0.1) is 0 Å². The molecule has 130 valence electrons. The number of benzene rings is 2. The molecule has 0 bridgehead atoms. The van der Waals surface area contributed by atoms with Crippen molar-refractivity contribution in [3.05, 3.63) is 59.1 Å². The first kappa shape index (κ1) is 17.3. The monoisotopic (exact) mass is 358 g/mol. The van der Waals surface area contributed by atoms with Gasteiger partial charge < -0.3 is 10.1 Å². The van der Waals surface area contributed by atoms with E-state index in [2.05, 4.69) is 5.32 Å². The second-order valence-electron chi connectivity index (χ2n) is 5.75. The molecule has 0 radical (unpaired) electrons. The first-order valence-electron chi connectivity index (χ1n) is 8.16. The summed E-state index contributed by atoms with van der Waals surface area (Å²) in [6.07, 6.45) is 0.509. The Bertz CT molecular complexity index is 776. The van der Waals surface area contributed by atoms with Crippen LogP contribution in [0.5, 0.6) is 5.75 Å². The van der Waals surface area contributed by atoms with Crippen molar-refractivity contribution in [1.82, 2.24) is 5.32 Å². The van der Waals surface area contributed by atoms with Crippen LogP contribution in [0.1, 0.15) is 12.5 Å². The van der Waals surface area contributed by atoms with Gasteiger partial charge in [0.25, 0.3) is 5.91 Å². The molecule has 1 unspecified atom stereocenters. The van der Waals surface area contributed by atoms with E-state index in [-0.39, 0.29) is 18.4 Å². The molecule has 1 aliphatic rings. The lowest BCUT2D eigenvalue weighted by Crippen LogP contribution is -2.49. The molecule has 6 heteroatoms. The number of fused-ring (bicyclic) bond motifs is 1. The average Bonchev–Trinajstić information content (AvgIpc) is 3.01. The topological polar surface area (TPSA) is 58.6 Å². The number of ether oxygens (including phenoxy) is 1. The summed E-state index contributed by atoms with van der Waals surface area (Å²) in [5.41, 5.74) is 1.75. The molecule has 0 aliphatic carbocycles. The number of anilines is 1. The minimum atomic E-state index is -0.543. The van der Waals surface area contributed by atoms with E-state index in [9.17, 15) is 9.59 Å². The van der Waals surface area contributed by atoms with E-state index in [4.69, 9.17) is 16.3 Å². The molecule has 0 spiro atoms. The maximum absolute atomic E-state index is 12.8. The predicted octanol–water partition coefficient (Wildman–Crippen LogP) is 2.81. The number of carbonyl (C=O) groups is 2. The minimum absolute atomic E-state index is 0.147. The Hall–Kier alpha value is -2.53. The van der Waals surface area contributed by atoms with Crippen molar-refractivity contribution in [2.75, 3.05) is 18.1 Å². The molecule has 1 aliphatic heterocycles. The van der Waals surface area contributed by atoms with Gasteiger partial charge in [-0.05, 0) is 42.8 Å². The van der Waals surface area contributed by atoms with Gasteiger partial charge >= 0.3 is 0 Å². The quantitative estimate of drug-likeness (QED) is 0.894. The molecule has 2 aromatic rings. The number of nitrogens with zero attached hydrogens (tertiary/aromatic N) is 1. The summed E-state index contributed by atoms with van der Waals surface area (Å²) < 4.78 is 5.56. The highest BCUT2D eigenvalue weighted by Gasteiger charge is 2.38. The largest absolute Gasteiger partial charge is 0.484 e. The van der Waals surface area contributed by atoms with Crippen molar-refractivity contribution in [1.29, 1.82) is 0 Å². The van der Waals surface area contributed by atoms with Gasteiger partial charge in [0.05, 0.1) is 0 Å². The van der Waals surface area contributed by atoms with Gasteiger partial charge in [-0.15, -0.1) is 0 Å². The zero-order valence-corrected chi connectivity index (χ0v) is 14.6. The third-order valence-electron chi connectivity index (χ3n) is 4.07. The average molecular weight is 359 g/mol. The van der Waals surface area contributed by atoms with Crippen LogP contribution in [0.2, 0.25) is 5.02 Å². The van der Waals surface area contributed by atoms with Gasteiger partial charge in [0.15, 0.2) is 6.61 Å². The summed E-state index contributed by atoms with van der Waals surface area (Å²) in [7, 11) is 0. The van der Waals surface area contributed by atoms with Crippen LogP contribution in [0.25, 0.3) is 0 Å². The Kier molecular flexibility index (Phi) is 5.24. The van der Waals surface area contributed by atoms with Gasteiger partial charge in [-0.25, -0.2) is 0 Å². The number of likely N-dealkylation sites (N-methyl/N-ethyl adjacent to an activating group) is 1. The SMILES string of the molecule is CCNC(=O)C1Cc2ccccc2N1C(=O)COc1ccc(Cl)cc1. The minimum Gasteiger partial charge on any atom is -0.484 e. The highest BCUT2D eigenvalue weighted by atomic mass is 35.5. The van der Waals surface area contributed by atoms with Crippen molar-refractivity contribution in [2.45, 2.75) is 19.4 Å². The molecule has 3 rings (SSSR count). The van der Waals surface area contributed by atoms with Gasteiger partial charge in [0, 0.05) is 23.7 Å². The molecule has 0 aromatic heterocycles. The lowest BCUT2D eigenvalue weighted by molar-refractivity contribution is -0.126.